The molecule has 2 aromatic carbocycles. The summed E-state index contributed by atoms with van der Waals surface area (Å²) in [6, 6.07) is 14.5. The molecular formula is C26H32N4O4S. The molecule has 0 bridgehead atoms. The van der Waals surface area contributed by atoms with E-state index in [4.69, 9.17) is 19.4 Å². The van der Waals surface area contributed by atoms with E-state index in [0.717, 1.165) is 23.7 Å². The third kappa shape index (κ3) is 5.42. The smallest absolute Gasteiger partial charge is 0.243 e. The first-order chi connectivity index (χ1) is 17.0. The van der Waals surface area contributed by atoms with E-state index < -0.39 is 10.0 Å². The van der Waals surface area contributed by atoms with Crippen LogP contribution in [0.2, 0.25) is 0 Å². The number of methoxy groups -OCH3 is 1. The lowest BCUT2D eigenvalue weighted by Crippen LogP contribution is -2.48. The maximum Gasteiger partial charge on any atom is 0.243 e. The standard InChI is InChI=1S/C26H32N4O4S/c1-33-20-11-13-22(14-12-20)35(31,32)30-17-15-29(16-18-30)19-25-27-24-10-6-5-9-23(24)26(28-25)34-21-7-3-2-4-8-21/h5-6,9-14,21H,2-4,7-8,15-19H2,1H3. The summed E-state index contributed by atoms with van der Waals surface area (Å²) in [6.07, 6.45) is 6.02. The summed E-state index contributed by atoms with van der Waals surface area (Å²) in [6.45, 7) is 2.64. The van der Waals surface area contributed by atoms with Gasteiger partial charge in [-0.25, -0.2) is 13.4 Å². The van der Waals surface area contributed by atoms with Gasteiger partial charge < -0.3 is 9.47 Å². The normalized spacial score (nSPS) is 18.5. The van der Waals surface area contributed by atoms with Crippen molar-refractivity contribution in [2.24, 2.45) is 0 Å². The molecule has 3 aromatic rings. The Hall–Kier alpha value is -2.75. The van der Waals surface area contributed by atoms with Crippen molar-refractivity contribution in [3.63, 3.8) is 0 Å². The highest BCUT2D eigenvalue weighted by Gasteiger charge is 2.29. The van der Waals surface area contributed by atoms with Crippen LogP contribution >= 0.6 is 0 Å². The molecule has 35 heavy (non-hydrogen) atoms. The highest BCUT2D eigenvalue weighted by Crippen LogP contribution is 2.28. The zero-order chi connectivity index (χ0) is 24.3. The fourth-order valence-corrected chi connectivity index (χ4v) is 6.24. The van der Waals surface area contributed by atoms with Crippen molar-refractivity contribution in [1.29, 1.82) is 0 Å². The molecule has 1 saturated carbocycles. The molecule has 0 amide bonds. The predicted octanol–water partition coefficient (Wildman–Crippen LogP) is 3.86. The average molecular weight is 497 g/mol. The highest BCUT2D eigenvalue weighted by molar-refractivity contribution is 7.89. The van der Waals surface area contributed by atoms with Crippen molar-refractivity contribution in [2.75, 3.05) is 33.3 Å². The zero-order valence-electron chi connectivity index (χ0n) is 20.1. The van der Waals surface area contributed by atoms with Gasteiger partial charge in [0.2, 0.25) is 15.9 Å². The van der Waals surface area contributed by atoms with Gasteiger partial charge in [0.05, 0.1) is 29.5 Å². The monoisotopic (exact) mass is 496 g/mol. The molecule has 8 nitrogen and oxygen atoms in total. The van der Waals surface area contributed by atoms with Crippen LogP contribution in [0, 0.1) is 0 Å². The summed E-state index contributed by atoms with van der Waals surface area (Å²) >= 11 is 0. The second-order valence-corrected chi connectivity index (χ2v) is 11.1. The lowest BCUT2D eigenvalue weighted by atomic mass is 9.98. The van der Waals surface area contributed by atoms with Crippen LogP contribution in [-0.4, -0.2) is 67.0 Å². The number of hydrogen-bond acceptors (Lipinski definition) is 7. The fourth-order valence-electron chi connectivity index (χ4n) is 4.82. The topological polar surface area (TPSA) is 84.9 Å². The number of nitrogens with zero attached hydrogens (tertiary/aromatic N) is 4. The number of rotatable bonds is 7. The van der Waals surface area contributed by atoms with Gasteiger partial charge in [-0.3, -0.25) is 4.90 Å². The van der Waals surface area contributed by atoms with E-state index in [1.165, 1.54) is 19.3 Å². The van der Waals surface area contributed by atoms with E-state index in [9.17, 15) is 8.42 Å². The Balaban J connectivity index is 1.27. The first-order valence-electron chi connectivity index (χ1n) is 12.3. The van der Waals surface area contributed by atoms with Crippen molar-refractivity contribution < 1.29 is 17.9 Å². The number of benzene rings is 2. The number of fused-ring (bicyclic) bond motifs is 1. The molecule has 1 aromatic heterocycles. The van der Waals surface area contributed by atoms with E-state index in [2.05, 4.69) is 4.90 Å². The van der Waals surface area contributed by atoms with Gasteiger partial charge >= 0.3 is 0 Å². The molecule has 2 fully saturated rings. The van der Waals surface area contributed by atoms with Gasteiger partial charge in [0.25, 0.3) is 0 Å². The minimum absolute atomic E-state index is 0.210. The second-order valence-electron chi connectivity index (χ2n) is 9.20. The van der Waals surface area contributed by atoms with Crippen LogP contribution in [0.25, 0.3) is 10.9 Å². The molecule has 0 atom stereocenters. The molecule has 1 aliphatic heterocycles. The minimum Gasteiger partial charge on any atom is -0.497 e. The molecule has 2 aliphatic rings. The van der Waals surface area contributed by atoms with Crippen LogP contribution in [-0.2, 0) is 16.6 Å². The molecule has 0 unspecified atom stereocenters. The van der Waals surface area contributed by atoms with E-state index in [1.807, 2.05) is 24.3 Å². The Morgan fingerprint density at radius 3 is 2.34 bits per heavy atom. The van der Waals surface area contributed by atoms with Gasteiger partial charge in [-0.05, 0) is 62.1 Å². The average Bonchev–Trinajstić information content (AvgIpc) is 2.90. The maximum absolute atomic E-state index is 13.1. The first-order valence-corrected chi connectivity index (χ1v) is 13.8. The van der Waals surface area contributed by atoms with Crippen molar-refractivity contribution in [3.8, 4) is 11.6 Å². The second kappa shape index (κ2) is 10.5. The van der Waals surface area contributed by atoms with Gasteiger partial charge in [0, 0.05) is 26.2 Å². The molecule has 0 radical (unpaired) electrons. The van der Waals surface area contributed by atoms with E-state index in [-0.39, 0.29) is 11.0 Å². The predicted molar refractivity (Wildman–Crippen MR) is 134 cm³/mol. The van der Waals surface area contributed by atoms with Crippen molar-refractivity contribution in [1.82, 2.24) is 19.2 Å². The molecule has 2 heterocycles. The van der Waals surface area contributed by atoms with Crippen LogP contribution in [0.5, 0.6) is 11.6 Å². The van der Waals surface area contributed by atoms with Gasteiger partial charge in [0.15, 0.2) is 0 Å². The van der Waals surface area contributed by atoms with Crippen molar-refractivity contribution in [2.45, 2.75) is 49.6 Å². The lowest BCUT2D eigenvalue weighted by Gasteiger charge is -2.33. The molecule has 9 heteroatoms. The third-order valence-electron chi connectivity index (χ3n) is 6.84. The van der Waals surface area contributed by atoms with E-state index in [0.29, 0.717) is 50.2 Å². The van der Waals surface area contributed by atoms with Crippen LogP contribution in [0.3, 0.4) is 0 Å². The quantitative estimate of drug-likeness (QED) is 0.491. The molecule has 0 spiro atoms. The number of piperazine rings is 1. The summed E-state index contributed by atoms with van der Waals surface area (Å²) < 4.78 is 39.2. The summed E-state index contributed by atoms with van der Waals surface area (Å²) in [7, 11) is -1.97. The Morgan fingerprint density at radius 1 is 0.914 bits per heavy atom. The van der Waals surface area contributed by atoms with Gasteiger partial charge in [-0.1, -0.05) is 18.6 Å². The molecule has 1 aliphatic carbocycles. The Bertz CT molecular complexity index is 1250. The van der Waals surface area contributed by atoms with Crippen molar-refractivity contribution in [3.05, 3.63) is 54.4 Å². The van der Waals surface area contributed by atoms with Crippen LogP contribution in [0.1, 0.15) is 37.9 Å². The largest absolute Gasteiger partial charge is 0.497 e. The Kier molecular flexibility index (Phi) is 7.17. The minimum atomic E-state index is -3.54. The number of para-hydroxylation sites is 1. The molecule has 186 valence electrons. The summed E-state index contributed by atoms with van der Waals surface area (Å²) in [4.78, 5) is 12.1. The van der Waals surface area contributed by atoms with E-state index in [1.54, 1.807) is 35.7 Å². The molecular weight excluding hydrogens is 464 g/mol. The van der Waals surface area contributed by atoms with Gasteiger partial charge in [0.1, 0.15) is 17.7 Å². The van der Waals surface area contributed by atoms with E-state index >= 15 is 0 Å². The molecule has 1 saturated heterocycles. The lowest BCUT2D eigenvalue weighted by molar-refractivity contribution is 0.148. The maximum atomic E-state index is 13.1. The number of sulfonamides is 1. The zero-order valence-corrected chi connectivity index (χ0v) is 20.9. The SMILES string of the molecule is COc1ccc(S(=O)(=O)N2CCN(Cc3nc(OC4CCCCC4)c4ccccc4n3)CC2)cc1. The number of aromatic nitrogens is 2. The van der Waals surface area contributed by atoms with Gasteiger partial charge in [-0.2, -0.15) is 9.29 Å². The Morgan fingerprint density at radius 2 is 1.63 bits per heavy atom. The Labute approximate surface area is 206 Å². The summed E-state index contributed by atoms with van der Waals surface area (Å²) in [5.74, 6) is 2.01. The first kappa shape index (κ1) is 24.0. The molecule has 5 rings (SSSR count). The summed E-state index contributed by atoms with van der Waals surface area (Å²) in [5, 5.41) is 0.942. The van der Waals surface area contributed by atoms with Crippen LogP contribution in [0.4, 0.5) is 0 Å². The number of hydrogen-bond donors (Lipinski definition) is 0. The van der Waals surface area contributed by atoms with Crippen LogP contribution in [0.15, 0.2) is 53.4 Å². The molecule has 0 N–H and O–H groups in total. The fraction of sp³-hybridized carbons (Fsp3) is 0.462. The van der Waals surface area contributed by atoms with Gasteiger partial charge in [-0.15, -0.1) is 0 Å². The number of ether oxygens (including phenoxy) is 2. The van der Waals surface area contributed by atoms with Crippen molar-refractivity contribution >= 4 is 20.9 Å². The van der Waals surface area contributed by atoms with Crippen LogP contribution < -0.4 is 9.47 Å². The highest BCUT2D eigenvalue weighted by atomic mass is 32.2. The summed E-state index contributed by atoms with van der Waals surface area (Å²) in [5.41, 5.74) is 0.879. The third-order valence-corrected chi connectivity index (χ3v) is 8.75.